The zero-order chi connectivity index (χ0) is 26.6. The van der Waals surface area contributed by atoms with Gasteiger partial charge in [0.1, 0.15) is 0 Å². The first kappa shape index (κ1) is 25.1. The fourth-order valence-corrected chi connectivity index (χ4v) is 6.58. The predicted octanol–water partition coefficient (Wildman–Crippen LogP) is 3.03. The number of rotatable bonds is 6. The molecule has 1 aliphatic heterocycles. The molecule has 1 aromatic rings. The third kappa shape index (κ3) is 4.03. The van der Waals surface area contributed by atoms with Crippen LogP contribution >= 0.6 is 15.9 Å². The number of fused-ring (bicyclic) bond motifs is 3. The Kier molecular flexibility index (Phi) is 6.39. The lowest BCUT2D eigenvalue weighted by Crippen LogP contribution is -2.39. The monoisotopic (exact) mass is 569 g/mol. The van der Waals surface area contributed by atoms with E-state index in [1.54, 1.807) is 12.1 Å². The average Bonchev–Trinajstić information content (AvgIpc) is 3.11. The number of halogens is 1. The smallest absolute Gasteiger partial charge is 0.303 e. The summed E-state index contributed by atoms with van der Waals surface area (Å²) >= 11 is 3.19. The molecule has 4 aliphatic rings. The van der Waals surface area contributed by atoms with Gasteiger partial charge in [0, 0.05) is 36.1 Å². The fraction of sp³-hybridized carbons (Fsp3) is 0.370. The van der Waals surface area contributed by atoms with Gasteiger partial charge in [0.15, 0.2) is 23.1 Å². The number of imide groups is 1. The number of carboxylic acid groups (broad SMARTS) is 1. The number of aliphatic carboxylic acids is 1. The standard InChI is InChI=1S/C27H24BrNO8/c1-37-20-9-12(4-7-18(20)30)22-13-5-6-14-23(27(36)29(26(14)35)8-2-3-21(32)33)15(13)10-16-24(22)19(31)11-17(28)25(16)34/h4-5,7,9,11,14-15,22-23,30H,2-3,6,8,10H2,1H3,(H,32,33). The fourth-order valence-electron chi connectivity index (χ4n) is 6.13. The second-order valence-electron chi connectivity index (χ2n) is 9.65. The summed E-state index contributed by atoms with van der Waals surface area (Å²) in [5.41, 5.74) is 2.05. The number of ether oxygens (including phenoxy) is 1. The molecule has 4 unspecified atom stereocenters. The molecule has 1 aromatic carbocycles. The Morgan fingerprint density at radius 1 is 1.16 bits per heavy atom. The molecule has 1 fully saturated rings. The first-order valence-electron chi connectivity index (χ1n) is 12.0. The van der Waals surface area contributed by atoms with E-state index < -0.39 is 29.6 Å². The predicted molar refractivity (Wildman–Crippen MR) is 133 cm³/mol. The molecule has 2 N–H and O–H groups in total. The van der Waals surface area contributed by atoms with E-state index in [2.05, 4.69) is 15.9 Å². The van der Waals surface area contributed by atoms with Crippen LogP contribution < -0.4 is 4.74 Å². The summed E-state index contributed by atoms with van der Waals surface area (Å²) in [5, 5.41) is 19.1. The first-order chi connectivity index (χ1) is 17.6. The minimum Gasteiger partial charge on any atom is -0.504 e. The lowest BCUT2D eigenvalue weighted by molar-refractivity contribution is -0.142. The molecule has 37 heavy (non-hydrogen) atoms. The van der Waals surface area contributed by atoms with E-state index in [1.165, 1.54) is 19.3 Å². The number of hydrogen-bond donors (Lipinski definition) is 2. The van der Waals surface area contributed by atoms with Crippen LogP contribution in [0.3, 0.4) is 0 Å². The van der Waals surface area contributed by atoms with Crippen molar-refractivity contribution in [3.63, 3.8) is 0 Å². The zero-order valence-electron chi connectivity index (χ0n) is 19.9. The molecule has 5 rings (SSSR count). The zero-order valence-corrected chi connectivity index (χ0v) is 21.5. The summed E-state index contributed by atoms with van der Waals surface area (Å²) < 4.78 is 5.42. The SMILES string of the molecule is COc1cc(C2C3=CCC4C(=O)N(CCCC(=O)O)C(=O)C4C3CC3=C2C(=O)C=C(Br)C3=O)ccc1O. The summed E-state index contributed by atoms with van der Waals surface area (Å²) in [7, 11) is 1.41. The third-order valence-corrected chi connectivity index (χ3v) is 8.32. The summed E-state index contributed by atoms with van der Waals surface area (Å²) in [5.74, 6) is -4.66. The Morgan fingerprint density at radius 2 is 1.92 bits per heavy atom. The van der Waals surface area contributed by atoms with Crippen molar-refractivity contribution in [1.29, 1.82) is 0 Å². The van der Waals surface area contributed by atoms with Crippen molar-refractivity contribution in [2.75, 3.05) is 13.7 Å². The molecule has 0 bridgehead atoms. The summed E-state index contributed by atoms with van der Waals surface area (Å²) in [6.45, 7) is 0.0251. The molecule has 0 aromatic heterocycles. The highest BCUT2D eigenvalue weighted by molar-refractivity contribution is 9.12. The van der Waals surface area contributed by atoms with Crippen molar-refractivity contribution in [2.24, 2.45) is 17.8 Å². The number of carbonyl (C=O) groups is 5. The molecule has 3 aliphatic carbocycles. The van der Waals surface area contributed by atoms with Crippen LogP contribution in [0.25, 0.3) is 0 Å². The number of ketones is 2. The minimum atomic E-state index is -1.00. The van der Waals surface area contributed by atoms with E-state index in [9.17, 15) is 29.1 Å². The quantitative estimate of drug-likeness (QED) is 0.303. The van der Waals surface area contributed by atoms with Crippen molar-refractivity contribution in [1.82, 2.24) is 4.90 Å². The molecule has 0 radical (unpaired) electrons. The number of nitrogens with zero attached hydrogens (tertiary/aromatic N) is 1. The molecule has 10 heteroatoms. The van der Waals surface area contributed by atoms with Gasteiger partial charge in [0.05, 0.1) is 23.4 Å². The van der Waals surface area contributed by atoms with E-state index in [0.29, 0.717) is 23.1 Å². The molecular weight excluding hydrogens is 546 g/mol. The van der Waals surface area contributed by atoms with Crippen LogP contribution in [0.2, 0.25) is 0 Å². The highest BCUT2D eigenvalue weighted by Gasteiger charge is 2.56. The minimum absolute atomic E-state index is 0.0251. The van der Waals surface area contributed by atoms with Crippen LogP contribution in [0.1, 0.15) is 37.2 Å². The number of amides is 2. The van der Waals surface area contributed by atoms with Gasteiger partial charge in [-0.1, -0.05) is 17.7 Å². The number of phenolic OH excluding ortho intramolecular Hbond substituents is 1. The van der Waals surface area contributed by atoms with Crippen LogP contribution in [-0.2, 0) is 24.0 Å². The van der Waals surface area contributed by atoms with Gasteiger partial charge in [-0.25, -0.2) is 0 Å². The van der Waals surface area contributed by atoms with Gasteiger partial charge in [-0.2, -0.15) is 0 Å². The first-order valence-corrected chi connectivity index (χ1v) is 12.8. The van der Waals surface area contributed by atoms with Crippen molar-refractivity contribution in [3.8, 4) is 11.5 Å². The summed E-state index contributed by atoms with van der Waals surface area (Å²) in [6.07, 6.45) is 3.60. The molecule has 0 saturated carbocycles. The topological polar surface area (TPSA) is 138 Å². The van der Waals surface area contributed by atoms with Gasteiger partial charge in [-0.15, -0.1) is 0 Å². The lowest BCUT2D eigenvalue weighted by Gasteiger charge is -2.42. The van der Waals surface area contributed by atoms with Crippen molar-refractivity contribution >= 4 is 45.3 Å². The molecule has 9 nitrogen and oxygen atoms in total. The van der Waals surface area contributed by atoms with Gasteiger partial charge in [0.25, 0.3) is 0 Å². The number of benzene rings is 1. The number of Topliss-reactive ketones (excluding diaryl/α,β-unsaturated/α-hetero) is 1. The molecule has 4 atom stereocenters. The number of carboxylic acids is 1. The molecule has 192 valence electrons. The van der Waals surface area contributed by atoms with Gasteiger partial charge in [-0.05, 0) is 58.8 Å². The van der Waals surface area contributed by atoms with Crippen molar-refractivity contribution < 1.29 is 38.9 Å². The Morgan fingerprint density at radius 3 is 2.62 bits per heavy atom. The molecule has 2 amide bonds. The molecule has 1 heterocycles. The number of carbonyl (C=O) groups excluding carboxylic acids is 4. The van der Waals surface area contributed by atoms with E-state index >= 15 is 0 Å². The van der Waals surface area contributed by atoms with Crippen LogP contribution in [0.4, 0.5) is 0 Å². The highest BCUT2D eigenvalue weighted by atomic mass is 79.9. The number of methoxy groups -OCH3 is 1. The van der Waals surface area contributed by atoms with Gasteiger partial charge in [0.2, 0.25) is 11.8 Å². The number of likely N-dealkylation sites (tertiary alicyclic amines) is 1. The van der Waals surface area contributed by atoms with E-state index in [0.717, 1.165) is 10.5 Å². The summed E-state index contributed by atoms with van der Waals surface area (Å²) in [6, 6.07) is 4.73. The Balaban J connectivity index is 1.59. The second kappa shape index (κ2) is 9.41. The maximum Gasteiger partial charge on any atom is 0.303 e. The maximum atomic E-state index is 13.5. The number of phenols is 1. The largest absolute Gasteiger partial charge is 0.504 e. The Hall–Kier alpha value is -3.53. The van der Waals surface area contributed by atoms with Crippen molar-refractivity contribution in [3.05, 3.63) is 57.1 Å². The van der Waals surface area contributed by atoms with E-state index in [4.69, 9.17) is 9.84 Å². The molecule has 1 saturated heterocycles. The normalized spacial score (nSPS) is 26.9. The van der Waals surface area contributed by atoms with Crippen LogP contribution in [0.5, 0.6) is 11.5 Å². The highest BCUT2D eigenvalue weighted by Crippen LogP contribution is 2.55. The molecule has 0 spiro atoms. The summed E-state index contributed by atoms with van der Waals surface area (Å²) in [4.78, 5) is 65.2. The van der Waals surface area contributed by atoms with Crippen LogP contribution in [0.15, 0.2) is 51.6 Å². The Bertz CT molecular complexity index is 1360. The Labute approximate surface area is 220 Å². The number of allylic oxidation sites excluding steroid dienone is 6. The molecular formula is C27H24BrNO8. The van der Waals surface area contributed by atoms with Gasteiger partial charge >= 0.3 is 5.97 Å². The van der Waals surface area contributed by atoms with Crippen LogP contribution in [-0.4, -0.2) is 58.1 Å². The maximum absolute atomic E-state index is 13.5. The van der Waals surface area contributed by atoms with E-state index in [-0.39, 0.29) is 65.2 Å². The lowest BCUT2D eigenvalue weighted by atomic mass is 9.59. The van der Waals surface area contributed by atoms with E-state index in [1.807, 2.05) is 6.08 Å². The second-order valence-corrected chi connectivity index (χ2v) is 10.5. The third-order valence-electron chi connectivity index (χ3n) is 7.73. The van der Waals surface area contributed by atoms with Gasteiger partial charge in [-0.3, -0.25) is 28.9 Å². The van der Waals surface area contributed by atoms with Crippen LogP contribution in [0, 0.1) is 17.8 Å². The number of aromatic hydroxyl groups is 1. The number of hydrogen-bond acceptors (Lipinski definition) is 7. The average molecular weight is 570 g/mol. The van der Waals surface area contributed by atoms with Gasteiger partial charge < -0.3 is 14.9 Å². The van der Waals surface area contributed by atoms with Crippen molar-refractivity contribution in [2.45, 2.75) is 31.6 Å².